The van der Waals surface area contributed by atoms with Gasteiger partial charge >= 0.3 is 5.97 Å². The zero-order chi connectivity index (χ0) is 12.3. The Kier molecular flexibility index (Phi) is 3.94. The second-order valence-electron chi connectivity index (χ2n) is 4.38. The largest absolute Gasteiger partial charge is 0.481 e. The number of fused-ring (bicyclic) bond motifs is 1. The molecule has 0 radical (unpaired) electrons. The van der Waals surface area contributed by atoms with Crippen molar-refractivity contribution in [3.8, 4) is 0 Å². The topological polar surface area (TPSA) is 49.3 Å². The van der Waals surface area contributed by atoms with Gasteiger partial charge in [-0.25, -0.2) is 0 Å². The predicted molar refractivity (Wildman–Crippen MR) is 70.8 cm³/mol. The average Bonchev–Trinajstić information content (AvgIpc) is 2.35. The van der Waals surface area contributed by atoms with E-state index in [-0.39, 0.29) is 5.92 Å². The summed E-state index contributed by atoms with van der Waals surface area (Å²) in [5.74, 6) is 0.123. The van der Waals surface area contributed by atoms with E-state index in [4.69, 9.17) is 5.11 Å². The maximum atomic E-state index is 10.7. The van der Waals surface area contributed by atoms with Gasteiger partial charge in [-0.05, 0) is 30.5 Å². The number of benzene rings is 1. The van der Waals surface area contributed by atoms with E-state index in [0.717, 1.165) is 18.7 Å². The number of aliphatic carboxylic acids is 1. The van der Waals surface area contributed by atoms with Crippen molar-refractivity contribution in [1.82, 2.24) is 0 Å². The van der Waals surface area contributed by atoms with E-state index < -0.39 is 5.97 Å². The molecule has 0 bridgehead atoms. The molecule has 0 spiro atoms. The summed E-state index contributed by atoms with van der Waals surface area (Å²) < 4.78 is 0. The molecule has 1 aliphatic rings. The van der Waals surface area contributed by atoms with Gasteiger partial charge in [0.2, 0.25) is 0 Å². The maximum absolute atomic E-state index is 10.7. The lowest BCUT2D eigenvalue weighted by molar-refractivity contribution is -0.141. The fraction of sp³-hybridized carbons (Fsp3) is 0.462. The predicted octanol–water partition coefficient (Wildman–Crippen LogP) is 2.86. The molecule has 0 aromatic heterocycles. The molecule has 1 aliphatic heterocycles. The zero-order valence-electron chi connectivity index (χ0n) is 9.90. The van der Waals surface area contributed by atoms with Crippen LogP contribution in [0.15, 0.2) is 23.1 Å². The molecule has 0 fully saturated rings. The monoisotopic (exact) mass is 251 g/mol. The van der Waals surface area contributed by atoms with Gasteiger partial charge < -0.3 is 10.4 Å². The number of thioether (sulfide) groups is 1. The van der Waals surface area contributed by atoms with Crippen molar-refractivity contribution < 1.29 is 9.90 Å². The van der Waals surface area contributed by atoms with Crippen LogP contribution in [0.25, 0.3) is 0 Å². The summed E-state index contributed by atoms with van der Waals surface area (Å²) in [4.78, 5) is 12.0. The van der Waals surface area contributed by atoms with Gasteiger partial charge in [-0.15, -0.1) is 11.8 Å². The van der Waals surface area contributed by atoms with Crippen LogP contribution in [-0.4, -0.2) is 23.4 Å². The number of hydrogen-bond acceptors (Lipinski definition) is 3. The number of carboxylic acid groups (broad SMARTS) is 1. The summed E-state index contributed by atoms with van der Waals surface area (Å²) in [6.45, 7) is 2.78. The molecular weight excluding hydrogens is 234 g/mol. The van der Waals surface area contributed by atoms with E-state index >= 15 is 0 Å². The lowest BCUT2D eigenvalue weighted by Crippen LogP contribution is -2.11. The number of anilines is 1. The Hall–Kier alpha value is -1.16. The summed E-state index contributed by atoms with van der Waals surface area (Å²) in [5.41, 5.74) is 2.43. The van der Waals surface area contributed by atoms with E-state index in [2.05, 4.69) is 23.5 Å². The van der Waals surface area contributed by atoms with Crippen molar-refractivity contribution in [2.75, 3.05) is 17.6 Å². The van der Waals surface area contributed by atoms with Crippen LogP contribution in [-0.2, 0) is 11.2 Å². The van der Waals surface area contributed by atoms with Crippen molar-refractivity contribution in [1.29, 1.82) is 0 Å². The Morgan fingerprint density at radius 2 is 2.41 bits per heavy atom. The van der Waals surface area contributed by atoms with Crippen LogP contribution >= 0.6 is 11.8 Å². The normalized spacial score (nSPS) is 15.8. The Balaban J connectivity index is 2.00. The molecule has 1 aromatic rings. The Labute approximate surface area is 106 Å². The van der Waals surface area contributed by atoms with E-state index in [1.54, 1.807) is 6.92 Å². The first-order valence-electron chi connectivity index (χ1n) is 5.89. The summed E-state index contributed by atoms with van der Waals surface area (Å²) in [6.07, 6.45) is 1.54. The highest BCUT2D eigenvalue weighted by atomic mass is 32.2. The minimum atomic E-state index is -0.709. The highest BCUT2D eigenvalue weighted by Gasteiger charge is 2.12. The van der Waals surface area contributed by atoms with Crippen molar-refractivity contribution in [3.63, 3.8) is 0 Å². The van der Waals surface area contributed by atoms with Gasteiger partial charge in [-0.3, -0.25) is 4.79 Å². The van der Waals surface area contributed by atoms with Crippen LogP contribution in [0.1, 0.15) is 18.9 Å². The van der Waals surface area contributed by atoms with E-state index in [9.17, 15) is 4.79 Å². The molecule has 1 atom stereocenters. The Morgan fingerprint density at radius 1 is 1.59 bits per heavy atom. The molecule has 4 heteroatoms. The van der Waals surface area contributed by atoms with Gasteiger partial charge in [-0.2, -0.15) is 0 Å². The van der Waals surface area contributed by atoms with Crippen molar-refractivity contribution in [2.24, 2.45) is 5.92 Å². The standard InChI is InChI=1S/C13H17NO2S/c1-9(13(15)16)2-3-10-4-5-11-12(8-10)17-7-6-14-11/h4-5,8-9,14H,2-3,6-7H2,1H3,(H,15,16). The molecule has 17 heavy (non-hydrogen) atoms. The smallest absolute Gasteiger partial charge is 0.306 e. The molecule has 2 N–H and O–H groups in total. The van der Waals surface area contributed by atoms with Gasteiger partial charge in [0.25, 0.3) is 0 Å². The van der Waals surface area contributed by atoms with E-state index in [0.29, 0.717) is 6.42 Å². The molecule has 1 heterocycles. The van der Waals surface area contributed by atoms with Gasteiger partial charge in [0, 0.05) is 22.9 Å². The fourth-order valence-electron chi connectivity index (χ4n) is 1.84. The number of nitrogens with one attached hydrogen (secondary N) is 1. The summed E-state index contributed by atoms with van der Waals surface area (Å²) in [5, 5.41) is 12.2. The van der Waals surface area contributed by atoms with E-state index in [1.165, 1.54) is 16.1 Å². The first-order chi connectivity index (χ1) is 8.16. The summed E-state index contributed by atoms with van der Waals surface area (Å²) in [6, 6.07) is 6.37. The van der Waals surface area contributed by atoms with Gasteiger partial charge in [0.05, 0.1) is 5.92 Å². The van der Waals surface area contributed by atoms with Crippen molar-refractivity contribution >= 4 is 23.4 Å². The molecule has 1 unspecified atom stereocenters. The number of carbonyl (C=O) groups is 1. The molecular formula is C13H17NO2S. The van der Waals surface area contributed by atoms with Gasteiger partial charge in [0.1, 0.15) is 0 Å². The highest BCUT2D eigenvalue weighted by Crippen LogP contribution is 2.31. The first-order valence-corrected chi connectivity index (χ1v) is 6.88. The molecule has 0 saturated heterocycles. The molecule has 1 aromatic carbocycles. The quantitative estimate of drug-likeness (QED) is 0.864. The second kappa shape index (κ2) is 5.45. The van der Waals surface area contributed by atoms with Crippen molar-refractivity contribution in [2.45, 2.75) is 24.7 Å². The molecule has 0 saturated carbocycles. The molecule has 2 rings (SSSR count). The summed E-state index contributed by atoms with van der Waals surface area (Å²) in [7, 11) is 0. The zero-order valence-corrected chi connectivity index (χ0v) is 10.7. The first kappa shape index (κ1) is 12.3. The van der Waals surface area contributed by atoms with Crippen LogP contribution in [0.3, 0.4) is 0 Å². The van der Waals surface area contributed by atoms with Crippen molar-refractivity contribution in [3.05, 3.63) is 23.8 Å². The minimum absolute atomic E-state index is 0.267. The Bertz CT molecular complexity index is 420. The molecule has 3 nitrogen and oxygen atoms in total. The van der Waals surface area contributed by atoms with Gasteiger partial charge in [0.15, 0.2) is 0 Å². The lowest BCUT2D eigenvalue weighted by atomic mass is 10.0. The van der Waals surface area contributed by atoms with E-state index in [1.807, 2.05) is 11.8 Å². The number of aryl methyl sites for hydroxylation is 1. The molecule has 0 amide bonds. The minimum Gasteiger partial charge on any atom is -0.481 e. The second-order valence-corrected chi connectivity index (χ2v) is 5.52. The third-order valence-corrected chi connectivity index (χ3v) is 4.07. The number of rotatable bonds is 4. The van der Waals surface area contributed by atoms with Gasteiger partial charge in [-0.1, -0.05) is 13.0 Å². The third-order valence-electron chi connectivity index (χ3n) is 3.01. The van der Waals surface area contributed by atoms with Crippen LogP contribution in [0.4, 0.5) is 5.69 Å². The molecule has 92 valence electrons. The van der Waals surface area contributed by atoms with Crippen LogP contribution in [0.5, 0.6) is 0 Å². The van der Waals surface area contributed by atoms with Crippen LogP contribution < -0.4 is 5.32 Å². The average molecular weight is 251 g/mol. The number of carboxylic acids is 1. The molecule has 0 aliphatic carbocycles. The highest BCUT2D eigenvalue weighted by molar-refractivity contribution is 7.99. The third kappa shape index (κ3) is 3.16. The fourth-order valence-corrected chi connectivity index (χ4v) is 2.80. The van der Waals surface area contributed by atoms with Crippen LogP contribution in [0.2, 0.25) is 0 Å². The number of hydrogen-bond donors (Lipinski definition) is 2. The lowest BCUT2D eigenvalue weighted by Gasteiger charge is -2.18. The Morgan fingerprint density at radius 3 is 3.18 bits per heavy atom. The SMILES string of the molecule is CC(CCc1ccc2c(c1)SCCN2)C(=O)O. The summed E-state index contributed by atoms with van der Waals surface area (Å²) >= 11 is 1.86. The van der Waals surface area contributed by atoms with Crippen LogP contribution in [0, 0.1) is 5.92 Å². The maximum Gasteiger partial charge on any atom is 0.306 e.